The summed E-state index contributed by atoms with van der Waals surface area (Å²) in [5, 5.41) is 12.8. The van der Waals surface area contributed by atoms with Crippen LogP contribution in [0.25, 0.3) is 0 Å². The summed E-state index contributed by atoms with van der Waals surface area (Å²) in [6.07, 6.45) is 0. The lowest BCUT2D eigenvalue weighted by molar-refractivity contribution is -0.157. The molecular weight excluding hydrogens is 358 g/mol. The van der Waals surface area contributed by atoms with E-state index < -0.39 is 11.9 Å². The number of nitrogens with two attached hydrogens (primary N) is 1. The van der Waals surface area contributed by atoms with E-state index in [0.29, 0.717) is 27.1 Å². The van der Waals surface area contributed by atoms with Gasteiger partial charge in [0, 0.05) is 23.1 Å². The van der Waals surface area contributed by atoms with Crippen molar-refractivity contribution in [3.8, 4) is 23.3 Å². The molecule has 8 heteroatoms. The molecule has 0 bridgehead atoms. The minimum absolute atomic E-state index is 0.0175. The summed E-state index contributed by atoms with van der Waals surface area (Å²) in [4.78, 5) is 22.2. The van der Waals surface area contributed by atoms with E-state index in [-0.39, 0.29) is 13.1 Å². The van der Waals surface area contributed by atoms with E-state index in [0.717, 1.165) is 0 Å². The highest BCUT2D eigenvalue weighted by atomic mass is 35.5. The number of rotatable bonds is 5. The number of hydroxylamine groups is 2. The molecule has 0 fully saturated rings. The van der Waals surface area contributed by atoms with Gasteiger partial charge in [0.15, 0.2) is 0 Å². The third kappa shape index (κ3) is 6.36. The van der Waals surface area contributed by atoms with Gasteiger partial charge in [-0.3, -0.25) is 10.0 Å². The van der Waals surface area contributed by atoms with Crippen molar-refractivity contribution in [2.45, 2.75) is 0 Å². The molecule has 7 nitrogen and oxygen atoms in total. The summed E-state index contributed by atoms with van der Waals surface area (Å²) >= 11 is 5.83. The number of halogens is 1. The maximum absolute atomic E-state index is 11.7. The fraction of sp³-hybridized carbons (Fsp3) is 0.111. The summed E-state index contributed by atoms with van der Waals surface area (Å²) in [5.41, 5.74) is 5.42. The number of nitrogens with zero attached hydrogens (tertiary/aromatic N) is 1. The minimum atomic E-state index is -0.805. The Hall–Kier alpha value is -3.21. The number of hydrogen-bond donors (Lipinski definition) is 3. The Kier molecular flexibility index (Phi) is 6.85. The molecule has 0 aliphatic heterocycles. The second-order valence-electron chi connectivity index (χ2n) is 5.05. The lowest BCUT2D eigenvalue weighted by atomic mass is 10.2. The van der Waals surface area contributed by atoms with Gasteiger partial charge in [-0.1, -0.05) is 23.6 Å². The summed E-state index contributed by atoms with van der Waals surface area (Å²) in [6.45, 7) is -0.111. The molecule has 2 aromatic carbocycles. The van der Waals surface area contributed by atoms with Crippen LogP contribution < -0.4 is 15.8 Å². The molecule has 0 saturated carbocycles. The van der Waals surface area contributed by atoms with Crippen molar-refractivity contribution in [1.29, 1.82) is 0 Å². The van der Waals surface area contributed by atoms with Crippen LogP contribution in [0, 0.1) is 11.8 Å². The standard InChI is InChI=1S/C18H16ClN3O4/c19-14-5-7-15(8-6-14)26-16-3-1-2-13(12-16)4-9-17(23)22(25)11-10-21-18(20)24/h1-3,5-8,12,25H,10-11H2,(H3,20,21,24). The summed E-state index contributed by atoms with van der Waals surface area (Å²) in [7, 11) is 0. The van der Waals surface area contributed by atoms with Crippen molar-refractivity contribution < 1.29 is 19.5 Å². The third-order valence-electron chi connectivity index (χ3n) is 3.05. The average Bonchev–Trinajstić information content (AvgIpc) is 2.61. The van der Waals surface area contributed by atoms with Crippen LogP contribution in [0.1, 0.15) is 5.56 Å². The molecule has 0 aliphatic carbocycles. The van der Waals surface area contributed by atoms with Crippen molar-refractivity contribution in [2.24, 2.45) is 5.73 Å². The molecule has 0 atom stereocenters. The molecule has 0 saturated heterocycles. The number of urea groups is 1. The molecule has 0 radical (unpaired) electrons. The normalized spacial score (nSPS) is 9.62. The van der Waals surface area contributed by atoms with Gasteiger partial charge >= 0.3 is 11.9 Å². The van der Waals surface area contributed by atoms with Gasteiger partial charge in [-0.15, -0.1) is 0 Å². The second kappa shape index (κ2) is 9.32. The van der Waals surface area contributed by atoms with E-state index in [1.807, 2.05) is 0 Å². The molecule has 134 valence electrons. The van der Waals surface area contributed by atoms with Gasteiger partial charge in [-0.05, 0) is 42.5 Å². The smallest absolute Gasteiger partial charge is 0.322 e. The monoisotopic (exact) mass is 373 g/mol. The molecule has 26 heavy (non-hydrogen) atoms. The third-order valence-corrected chi connectivity index (χ3v) is 3.31. The molecule has 0 aromatic heterocycles. The predicted octanol–water partition coefficient (Wildman–Crippen LogP) is 2.37. The Balaban J connectivity index is 1.97. The zero-order valence-electron chi connectivity index (χ0n) is 13.6. The molecule has 0 spiro atoms. The first-order valence-corrected chi connectivity index (χ1v) is 7.91. The lowest BCUT2D eigenvalue weighted by Crippen LogP contribution is -2.38. The zero-order chi connectivity index (χ0) is 18.9. The van der Waals surface area contributed by atoms with E-state index in [1.54, 1.807) is 48.5 Å². The Labute approximate surface area is 155 Å². The Morgan fingerprint density at radius 1 is 1.19 bits per heavy atom. The van der Waals surface area contributed by atoms with Crippen molar-refractivity contribution in [1.82, 2.24) is 10.4 Å². The quantitative estimate of drug-likeness (QED) is 0.425. The van der Waals surface area contributed by atoms with Crippen LogP contribution in [0.3, 0.4) is 0 Å². The van der Waals surface area contributed by atoms with Gasteiger partial charge < -0.3 is 15.8 Å². The second-order valence-corrected chi connectivity index (χ2v) is 5.49. The first-order chi connectivity index (χ1) is 12.4. The number of benzene rings is 2. The first-order valence-electron chi connectivity index (χ1n) is 7.53. The molecule has 0 unspecified atom stereocenters. The minimum Gasteiger partial charge on any atom is -0.457 e. The highest BCUT2D eigenvalue weighted by Crippen LogP contribution is 2.23. The Morgan fingerprint density at radius 2 is 1.92 bits per heavy atom. The van der Waals surface area contributed by atoms with E-state index in [1.165, 1.54) is 0 Å². The summed E-state index contributed by atoms with van der Waals surface area (Å²) in [6, 6.07) is 13.0. The fourth-order valence-corrected chi connectivity index (χ4v) is 1.98. The van der Waals surface area contributed by atoms with Gasteiger partial charge in [-0.2, -0.15) is 0 Å². The van der Waals surface area contributed by atoms with E-state index in [2.05, 4.69) is 17.2 Å². The van der Waals surface area contributed by atoms with E-state index >= 15 is 0 Å². The van der Waals surface area contributed by atoms with Crippen LogP contribution in [0.5, 0.6) is 11.5 Å². The fourth-order valence-electron chi connectivity index (χ4n) is 1.85. The predicted molar refractivity (Wildman–Crippen MR) is 95.9 cm³/mol. The van der Waals surface area contributed by atoms with Crippen LogP contribution in [-0.4, -0.2) is 35.3 Å². The Bertz CT molecular complexity index is 844. The van der Waals surface area contributed by atoms with Crippen molar-refractivity contribution >= 4 is 23.5 Å². The van der Waals surface area contributed by atoms with Gasteiger partial charge in [0.25, 0.3) is 0 Å². The maximum atomic E-state index is 11.7. The summed E-state index contributed by atoms with van der Waals surface area (Å²) in [5.74, 6) is 5.30. The topological polar surface area (TPSA) is 105 Å². The molecule has 4 N–H and O–H groups in total. The van der Waals surface area contributed by atoms with Crippen LogP contribution in [-0.2, 0) is 4.79 Å². The van der Waals surface area contributed by atoms with Crippen LogP contribution in [0.4, 0.5) is 4.79 Å². The highest BCUT2D eigenvalue weighted by Gasteiger charge is 2.07. The van der Waals surface area contributed by atoms with E-state index in [4.69, 9.17) is 22.1 Å². The number of carbonyl (C=O) groups excluding carboxylic acids is 2. The number of ether oxygens (including phenoxy) is 1. The van der Waals surface area contributed by atoms with Crippen molar-refractivity contribution in [2.75, 3.05) is 13.1 Å². The molecule has 0 heterocycles. The maximum Gasteiger partial charge on any atom is 0.322 e. The van der Waals surface area contributed by atoms with Gasteiger partial charge in [0.2, 0.25) is 0 Å². The number of nitrogens with one attached hydrogen (secondary N) is 1. The average molecular weight is 374 g/mol. The van der Waals surface area contributed by atoms with E-state index in [9.17, 15) is 14.8 Å². The van der Waals surface area contributed by atoms with Crippen LogP contribution in [0.2, 0.25) is 5.02 Å². The molecule has 3 amide bonds. The number of hydrogen-bond acceptors (Lipinski definition) is 4. The first kappa shape index (κ1) is 19.1. The number of amides is 3. The number of primary amides is 1. The van der Waals surface area contributed by atoms with Crippen LogP contribution in [0.15, 0.2) is 48.5 Å². The van der Waals surface area contributed by atoms with Gasteiger partial charge in [0.1, 0.15) is 11.5 Å². The largest absolute Gasteiger partial charge is 0.457 e. The van der Waals surface area contributed by atoms with Gasteiger partial charge in [-0.25, -0.2) is 9.86 Å². The van der Waals surface area contributed by atoms with Crippen molar-refractivity contribution in [3.63, 3.8) is 0 Å². The van der Waals surface area contributed by atoms with Gasteiger partial charge in [0.05, 0.1) is 6.54 Å². The lowest BCUT2D eigenvalue weighted by Gasteiger charge is -2.11. The molecule has 0 aliphatic rings. The summed E-state index contributed by atoms with van der Waals surface area (Å²) < 4.78 is 5.68. The molecular formula is C18H16ClN3O4. The zero-order valence-corrected chi connectivity index (χ0v) is 14.4. The molecule has 2 rings (SSSR count). The SMILES string of the molecule is NC(=O)NCCN(O)C(=O)C#Cc1cccc(Oc2ccc(Cl)cc2)c1. The molecule has 2 aromatic rings. The highest BCUT2D eigenvalue weighted by molar-refractivity contribution is 6.30. The Morgan fingerprint density at radius 3 is 2.62 bits per heavy atom. The number of carbonyl (C=O) groups is 2. The van der Waals surface area contributed by atoms with Crippen LogP contribution >= 0.6 is 11.6 Å². The van der Waals surface area contributed by atoms with Crippen molar-refractivity contribution in [3.05, 3.63) is 59.1 Å².